The second-order valence-corrected chi connectivity index (χ2v) is 5.98. The number of hydrogen-bond donors (Lipinski definition) is 2. The molecule has 0 aromatic heterocycles. The first-order chi connectivity index (χ1) is 7.29. The molecule has 0 amide bonds. The number of aliphatic hydroxyl groups is 1. The number of carboxylic acids is 1. The molecule has 88 valence electrons. The minimum atomic E-state index is -0.953. The van der Waals surface area contributed by atoms with Crippen LogP contribution in [-0.4, -0.2) is 27.5 Å². The summed E-state index contributed by atoms with van der Waals surface area (Å²) in [4.78, 5) is 11.6. The lowest BCUT2D eigenvalue weighted by Gasteiger charge is -2.17. The van der Waals surface area contributed by atoms with E-state index in [-0.39, 0.29) is 5.56 Å². The second kappa shape index (κ2) is 5.21. The molecule has 16 heavy (non-hydrogen) atoms. The minimum Gasteiger partial charge on any atom is -0.478 e. The van der Waals surface area contributed by atoms with Crippen LogP contribution in [0.25, 0.3) is 0 Å². The van der Waals surface area contributed by atoms with E-state index in [1.54, 1.807) is 32.0 Å². The van der Waals surface area contributed by atoms with Gasteiger partial charge >= 0.3 is 5.97 Å². The summed E-state index contributed by atoms with van der Waals surface area (Å²) in [5.74, 6) is -0.505. The Morgan fingerprint density at radius 1 is 1.50 bits per heavy atom. The summed E-state index contributed by atoms with van der Waals surface area (Å²) in [6, 6.07) is 5.00. The SMILES string of the molecule is CC(C)(O)CSc1cc(Br)ccc1C(=O)O. The smallest absolute Gasteiger partial charge is 0.336 e. The monoisotopic (exact) mass is 304 g/mol. The average Bonchev–Trinajstić information content (AvgIpc) is 2.13. The Morgan fingerprint density at radius 2 is 2.12 bits per heavy atom. The van der Waals surface area contributed by atoms with Gasteiger partial charge in [0.1, 0.15) is 0 Å². The fourth-order valence-corrected chi connectivity index (χ4v) is 2.59. The summed E-state index contributed by atoms with van der Waals surface area (Å²) >= 11 is 4.63. The van der Waals surface area contributed by atoms with Crippen LogP contribution in [0.1, 0.15) is 24.2 Å². The molecule has 0 fully saturated rings. The van der Waals surface area contributed by atoms with Gasteiger partial charge in [0, 0.05) is 15.1 Å². The van der Waals surface area contributed by atoms with Crippen LogP contribution in [0.2, 0.25) is 0 Å². The second-order valence-electron chi connectivity index (χ2n) is 4.05. The molecule has 5 heteroatoms. The summed E-state index contributed by atoms with van der Waals surface area (Å²) in [5, 5.41) is 18.6. The molecule has 3 nitrogen and oxygen atoms in total. The van der Waals surface area contributed by atoms with Gasteiger partial charge in [0.2, 0.25) is 0 Å². The van der Waals surface area contributed by atoms with Crippen molar-refractivity contribution in [2.75, 3.05) is 5.75 Å². The van der Waals surface area contributed by atoms with Crippen molar-refractivity contribution in [3.63, 3.8) is 0 Å². The van der Waals surface area contributed by atoms with E-state index in [0.29, 0.717) is 10.6 Å². The molecule has 0 atom stereocenters. The number of aromatic carboxylic acids is 1. The van der Waals surface area contributed by atoms with Crippen molar-refractivity contribution in [1.82, 2.24) is 0 Å². The summed E-state index contributed by atoms with van der Waals surface area (Å²) in [7, 11) is 0. The van der Waals surface area contributed by atoms with Gasteiger partial charge in [-0.1, -0.05) is 15.9 Å². The van der Waals surface area contributed by atoms with Crippen molar-refractivity contribution >= 4 is 33.7 Å². The van der Waals surface area contributed by atoms with Gasteiger partial charge in [-0.15, -0.1) is 11.8 Å². The number of carboxylic acid groups (broad SMARTS) is 1. The van der Waals surface area contributed by atoms with E-state index in [4.69, 9.17) is 5.11 Å². The van der Waals surface area contributed by atoms with Crippen LogP contribution in [0.4, 0.5) is 0 Å². The highest BCUT2D eigenvalue weighted by atomic mass is 79.9. The lowest BCUT2D eigenvalue weighted by Crippen LogP contribution is -2.21. The number of carbonyl (C=O) groups is 1. The Kier molecular flexibility index (Phi) is 4.41. The van der Waals surface area contributed by atoms with Crippen molar-refractivity contribution in [1.29, 1.82) is 0 Å². The van der Waals surface area contributed by atoms with E-state index >= 15 is 0 Å². The Hall–Kier alpha value is -0.520. The van der Waals surface area contributed by atoms with Gasteiger partial charge in [0.25, 0.3) is 0 Å². The molecule has 0 bridgehead atoms. The number of thioether (sulfide) groups is 1. The van der Waals surface area contributed by atoms with E-state index in [9.17, 15) is 9.90 Å². The average molecular weight is 305 g/mol. The predicted molar refractivity (Wildman–Crippen MR) is 68.1 cm³/mol. The zero-order valence-corrected chi connectivity index (χ0v) is 11.4. The van der Waals surface area contributed by atoms with Gasteiger partial charge in [-0.2, -0.15) is 0 Å². The van der Waals surface area contributed by atoms with Crippen LogP contribution in [0.3, 0.4) is 0 Å². The quantitative estimate of drug-likeness (QED) is 0.840. The number of rotatable bonds is 4. The molecule has 1 aromatic rings. The van der Waals surface area contributed by atoms with Gasteiger partial charge in [-0.25, -0.2) is 4.79 Å². The van der Waals surface area contributed by atoms with Crippen LogP contribution in [-0.2, 0) is 0 Å². The molecular formula is C11H13BrO3S. The number of benzene rings is 1. The summed E-state index contributed by atoms with van der Waals surface area (Å²) in [6.45, 7) is 3.39. The normalized spacial score (nSPS) is 11.5. The lowest BCUT2D eigenvalue weighted by molar-refractivity contribution is 0.0692. The van der Waals surface area contributed by atoms with Crippen molar-refractivity contribution in [3.8, 4) is 0 Å². The molecule has 2 N–H and O–H groups in total. The first kappa shape index (κ1) is 13.5. The summed E-state index contributed by atoms with van der Waals surface area (Å²) in [6.07, 6.45) is 0. The van der Waals surface area contributed by atoms with Crippen LogP contribution in [0, 0.1) is 0 Å². The molecule has 1 rings (SSSR count). The van der Waals surface area contributed by atoms with Crippen LogP contribution >= 0.6 is 27.7 Å². The number of hydrogen-bond acceptors (Lipinski definition) is 3. The fraction of sp³-hybridized carbons (Fsp3) is 0.364. The third-order valence-corrected chi connectivity index (χ3v) is 3.75. The third kappa shape index (κ3) is 4.15. The first-order valence-corrected chi connectivity index (χ1v) is 6.45. The van der Waals surface area contributed by atoms with Crippen LogP contribution in [0.5, 0.6) is 0 Å². The topological polar surface area (TPSA) is 57.5 Å². The highest BCUT2D eigenvalue weighted by Gasteiger charge is 2.16. The van der Waals surface area contributed by atoms with E-state index in [0.717, 1.165) is 4.47 Å². The standard InChI is InChI=1S/C11H13BrO3S/c1-11(2,15)6-16-9-5-7(12)3-4-8(9)10(13)14/h3-5,15H,6H2,1-2H3,(H,13,14). The third-order valence-electron chi connectivity index (χ3n) is 1.75. The Bertz CT molecular complexity index is 399. The van der Waals surface area contributed by atoms with Gasteiger partial charge in [0.15, 0.2) is 0 Å². The van der Waals surface area contributed by atoms with Crippen LogP contribution < -0.4 is 0 Å². The maximum atomic E-state index is 11.0. The van der Waals surface area contributed by atoms with Gasteiger partial charge < -0.3 is 10.2 Å². The zero-order chi connectivity index (χ0) is 12.3. The van der Waals surface area contributed by atoms with E-state index in [1.165, 1.54) is 11.8 Å². The summed E-state index contributed by atoms with van der Waals surface area (Å²) < 4.78 is 0.829. The van der Waals surface area contributed by atoms with Crippen molar-refractivity contribution in [2.45, 2.75) is 24.3 Å². The minimum absolute atomic E-state index is 0.262. The Balaban J connectivity index is 2.93. The Morgan fingerprint density at radius 3 is 2.62 bits per heavy atom. The molecule has 0 unspecified atom stereocenters. The molecular weight excluding hydrogens is 292 g/mol. The predicted octanol–water partition coefficient (Wildman–Crippen LogP) is 3.01. The highest BCUT2D eigenvalue weighted by molar-refractivity contribution is 9.10. The largest absolute Gasteiger partial charge is 0.478 e. The molecule has 0 aliphatic carbocycles. The Labute approximate surface area is 107 Å². The van der Waals surface area contributed by atoms with Crippen LogP contribution in [0.15, 0.2) is 27.6 Å². The maximum Gasteiger partial charge on any atom is 0.336 e. The summed E-state index contributed by atoms with van der Waals surface area (Å²) in [5.41, 5.74) is -0.555. The molecule has 0 aliphatic rings. The molecule has 0 aliphatic heterocycles. The lowest BCUT2D eigenvalue weighted by atomic mass is 10.2. The fourth-order valence-electron chi connectivity index (χ4n) is 1.05. The highest BCUT2D eigenvalue weighted by Crippen LogP contribution is 2.28. The van der Waals surface area contributed by atoms with Gasteiger partial charge in [-0.05, 0) is 32.0 Å². The van der Waals surface area contributed by atoms with Crippen molar-refractivity contribution in [3.05, 3.63) is 28.2 Å². The molecule has 1 aromatic carbocycles. The molecule has 0 saturated heterocycles. The molecule has 0 spiro atoms. The molecule has 0 radical (unpaired) electrons. The van der Waals surface area contributed by atoms with E-state index in [1.807, 2.05) is 0 Å². The van der Waals surface area contributed by atoms with Gasteiger partial charge in [-0.3, -0.25) is 0 Å². The van der Waals surface area contributed by atoms with E-state index in [2.05, 4.69) is 15.9 Å². The van der Waals surface area contributed by atoms with Crippen molar-refractivity contribution in [2.24, 2.45) is 0 Å². The first-order valence-electron chi connectivity index (χ1n) is 4.67. The maximum absolute atomic E-state index is 11.0. The van der Waals surface area contributed by atoms with E-state index < -0.39 is 11.6 Å². The number of halogens is 1. The zero-order valence-electron chi connectivity index (χ0n) is 9.03. The van der Waals surface area contributed by atoms with Crippen molar-refractivity contribution < 1.29 is 15.0 Å². The molecule has 0 saturated carbocycles. The van der Waals surface area contributed by atoms with Gasteiger partial charge in [0.05, 0.1) is 11.2 Å². The molecule has 0 heterocycles.